The van der Waals surface area contributed by atoms with Crippen molar-refractivity contribution in [1.29, 1.82) is 0 Å². The largest absolute Gasteiger partial charge is 0.330 e. The van der Waals surface area contributed by atoms with E-state index in [1.807, 2.05) is 0 Å². The first-order chi connectivity index (χ1) is 8.04. The third-order valence-corrected chi connectivity index (χ3v) is 2.75. The second-order valence-electron chi connectivity index (χ2n) is 3.54. The van der Waals surface area contributed by atoms with E-state index in [1.54, 1.807) is 0 Å². The predicted molar refractivity (Wildman–Crippen MR) is 65.6 cm³/mol. The van der Waals surface area contributed by atoms with Gasteiger partial charge in [-0.15, -0.1) is 0 Å². The maximum atomic E-state index is 13.3. The highest BCUT2D eigenvalue weighted by molar-refractivity contribution is 9.10. The predicted octanol–water partition coefficient (Wildman–Crippen LogP) is 2.79. The number of anilines is 1. The Morgan fingerprint density at radius 2 is 2.00 bits per heavy atom. The van der Waals surface area contributed by atoms with Gasteiger partial charge < -0.3 is 11.1 Å². The Morgan fingerprint density at radius 3 is 2.65 bits per heavy atom. The minimum Gasteiger partial charge on any atom is -0.330 e. The van der Waals surface area contributed by atoms with E-state index in [1.165, 1.54) is 0 Å². The van der Waals surface area contributed by atoms with Gasteiger partial charge in [-0.2, -0.15) is 0 Å². The lowest BCUT2D eigenvalue weighted by atomic mass is 10.2. The van der Waals surface area contributed by atoms with Gasteiger partial charge >= 0.3 is 0 Å². The molecule has 3 N–H and O–H groups in total. The summed E-state index contributed by atoms with van der Waals surface area (Å²) < 4.78 is 26.5. The number of nitrogens with one attached hydrogen (secondary N) is 1. The molecule has 0 aliphatic heterocycles. The van der Waals surface area contributed by atoms with E-state index in [0.29, 0.717) is 13.0 Å². The van der Waals surface area contributed by atoms with Crippen LogP contribution in [0, 0.1) is 11.6 Å². The topological polar surface area (TPSA) is 55.1 Å². The SMILES string of the molecule is NCCCCC(=O)Nc1cc(F)c(Br)cc1F. The minimum atomic E-state index is -0.676. The maximum Gasteiger partial charge on any atom is 0.224 e. The molecule has 3 nitrogen and oxygen atoms in total. The summed E-state index contributed by atoms with van der Waals surface area (Å²) in [4.78, 5) is 11.4. The van der Waals surface area contributed by atoms with Gasteiger partial charge in [-0.05, 0) is 41.4 Å². The van der Waals surface area contributed by atoms with Crippen LogP contribution < -0.4 is 11.1 Å². The summed E-state index contributed by atoms with van der Waals surface area (Å²) in [7, 11) is 0. The van der Waals surface area contributed by atoms with E-state index in [9.17, 15) is 13.6 Å². The highest BCUT2D eigenvalue weighted by Gasteiger charge is 2.10. The lowest BCUT2D eigenvalue weighted by Gasteiger charge is -2.07. The number of rotatable bonds is 5. The summed E-state index contributed by atoms with van der Waals surface area (Å²) in [6.07, 6.45) is 1.60. The van der Waals surface area contributed by atoms with Gasteiger partial charge in [0.1, 0.15) is 11.6 Å². The monoisotopic (exact) mass is 306 g/mol. The molecule has 6 heteroatoms. The fraction of sp³-hybridized carbons (Fsp3) is 0.364. The Balaban J connectivity index is 2.62. The highest BCUT2D eigenvalue weighted by atomic mass is 79.9. The molecule has 94 valence electrons. The number of benzene rings is 1. The van der Waals surface area contributed by atoms with Crippen LogP contribution in [0.15, 0.2) is 16.6 Å². The second-order valence-corrected chi connectivity index (χ2v) is 4.39. The summed E-state index contributed by atoms with van der Waals surface area (Å²) in [5, 5.41) is 2.32. The van der Waals surface area contributed by atoms with Crippen LogP contribution in [-0.2, 0) is 4.79 Å². The van der Waals surface area contributed by atoms with E-state index < -0.39 is 11.6 Å². The van der Waals surface area contributed by atoms with E-state index in [2.05, 4.69) is 21.2 Å². The number of carbonyl (C=O) groups excluding carboxylic acids is 1. The fourth-order valence-electron chi connectivity index (χ4n) is 1.26. The van der Waals surface area contributed by atoms with Gasteiger partial charge in [0.25, 0.3) is 0 Å². The van der Waals surface area contributed by atoms with Crippen molar-refractivity contribution >= 4 is 27.5 Å². The normalized spacial score (nSPS) is 10.4. The number of hydrogen-bond donors (Lipinski definition) is 2. The van der Waals surface area contributed by atoms with Crippen LogP contribution >= 0.6 is 15.9 Å². The molecule has 1 rings (SSSR count). The van der Waals surface area contributed by atoms with Crippen LogP contribution in [0.4, 0.5) is 14.5 Å². The molecule has 0 heterocycles. The number of hydrogen-bond acceptors (Lipinski definition) is 2. The van der Waals surface area contributed by atoms with Gasteiger partial charge in [-0.25, -0.2) is 8.78 Å². The zero-order chi connectivity index (χ0) is 12.8. The van der Waals surface area contributed by atoms with Crippen LogP contribution in [-0.4, -0.2) is 12.5 Å². The lowest BCUT2D eigenvalue weighted by Crippen LogP contribution is -2.13. The molecule has 0 fully saturated rings. The third-order valence-electron chi connectivity index (χ3n) is 2.14. The molecule has 0 spiro atoms. The number of amides is 1. The van der Waals surface area contributed by atoms with Crippen molar-refractivity contribution in [2.24, 2.45) is 5.73 Å². The van der Waals surface area contributed by atoms with Gasteiger partial charge in [0.2, 0.25) is 5.91 Å². The van der Waals surface area contributed by atoms with Crippen molar-refractivity contribution < 1.29 is 13.6 Å². The van der Waals surface area contributed by atoms with Crippen molar-refractivity contribution in [3.05, 3.63) is 28.2 Å². The summed E-state index contributed by atoms with van der Waals surface area (Å²) in [6, 6.07) is 1.92. The van der Waals surface area contributed by atoms with E-state index in [4.69, 9.17) is 5.73 Å². The standard InChI is InChI=1S/C11H13BrF2N2O/c12-7-5-9(14)10(6-8(7)13)16-11(17)3-1-2-4-15/h5-6H,1-4,15H2,(H,16,17). The average Bonchev–Trinajstić information content (AvgIpc) is 2.26. The quantitative estimate of drug-likeness (QED) is 0.649. The number of nitrogens with two attached hydrogens (primary N) is 1. The molecule has 1 aromatic carbocycles. The molecule has 0 saturated carbocycles. The molecular weight excluding hydrogens is 294 g/mol. The molecule has 0 aliphatic rings. The van der Waals surface area contributed by atoms with Crippen LogP contribution in [0.2, 0.25) is 0 Å². The summed E-state index contributed by atoms with van der Waals surface area (Å²) in [5.74, 6) is -1.65. The van der Waals surface area contributed by atoms with Crippen molar-refractivity contribution in [2.45, 2.75) is 19.3 Å². The van der Waals surface area contributed by atoms with Crippen molar-refractivity contribution in [3.63, 3.8) is 0 Å². The molecule has 0 radical (unpaired) electrons. The van der Waals surface area contributed by atoms with E-state index >= 15 is 0 Å². The highest BCUT2D eigenvalue weighted by Crippen LogP contribution is 2.23. The van der Waals surface area contributed by atoms with Gasteiger partial charge in [-0.1, -0.05) is 0 Å². The summed E-state index contributed by atoms with van der Waals surface area (Å²) in [5.41, 5.74) is 5.13. The van der Waals surface area contributed by atoms with Crippen LogP contribution in [0.5, 0.6) is 0 Å². The Labute approximate surface area is 107 Å². The average molecular weight is 307 g/mol. The first-order valence-electron chi connectivity index (χ1n) is 5.19. The molecule has 1 aromatic rings. The molecule has 0 saturated heterocycles. The number of halogens is 3. The van der Waals surface area contributed by atoms with Crippen molar-refractivity contribution in [3.8, 4) is 0 Å². The van der Waals surface area contributed by atoms with Crippen LogP contribution in [0.3, 0.4) is 0 Å². The summed E-state index contributed by atoms with van der Waals surface area (Å²) >= 11 is 2.86. The minimum absolute atomic E-state index is 0.0242. The third kappa shape index (κ3) is 4.40. The Bertz CT molecular complexity index is 413. The second kappa shape index (κ2) is 6.66. The molecule has 1 amide bonds. The first-order valence-corrected chi connectivity index (χ1v) is 5.98. The zero-order valence-electron chi connectivity index (χ0n) is 9.10. The smallest absolute Gasteiger partial charge is 0.224 e. The van der Waals surface area contributed by atoms with Crippen molar-refractivity contribution in [2.75, 3.05) is 11.9 Å². The van der Waals surface area contributed by atoms with Gasteiger partial charge in [0.15, 0.2) is 0 Å². The fourth-order valence-corrected chi connectivity index (χ4v) is 1.58. The van der Waals surface area contributed by atoms with Crippen molar-refractivity contribution in [1.82, 2.24) is 0 Å². The van der Waals surface area contributed by atoms with Gasteiger partial charge in [0.05, 0.1) is 10.2 Å². The van der Waals surface area contributed by atoms with E-state index in [-0.39, 0.29) is 22.5 Å². The number of unbranched alkanes of at least 4 members (excludes halogenated alkanes) is 1. The van der Waals surface area contributed by atoms with Crippen LogP contribution in [0.25, 0.3) is 0 Å². The summed E-state index contributed by atoms with van der Waals surface area (Å²) in [6.45, 7) is 0.508. The molecule has 0 aliphatic carbocycles. The zero-order valence-corrected chi connectivity index (χ0v) is 10.7. The molecule has 0 aromatic heterocycles. The first kappa shape index (κ1) is 14.1. The Morgan fingerprint density at radius 1 is 1.29 bits per heavy atom. The molecule has 0 unspecified atom stereocenters. The lowest BCUT2D eigenvalue weighted by molar-refractivity contribution is -0.116. The maximum absolute atomic E-state index is 13.3. The van der Waals surface area contributed by atoms with Gasteiger partial charge in [0, 0.05) is 12.5 Å². The van der Waals surface area contributed by atoms with Crippen LogP contribution in [0.1, 0.15) is 19.3 Å². The Kier molecular flexibility index (Phi) is 5.50. The number of carbonyl (C=O) groups is 1. The van der Waals surface area contributed by atoms with Gasteiger partial charge in [-0.3, -0.25) is 4.79 Å². The molecule has 0 bridgehead atoms. The molecule has 0 atom stereocenters. The van der Waals surface area contributed by atoms with E-state index in [0.717, 1.165) is 18.6 Å². The Hall–Kier alpha value is -1.01. The molecule has 17 heavy (non-hydrogen) atoms. The molecular formula is C11H13BrF2N2O.